The minimum absolute atomic E-state index is 0.300. The third-order valence-corrected chi connectivity index (χ3v) is 4.57. The minimum atomic E-state index is -0.393. The van der Waals surface area contributed by atoms with Crippen molar-refractivity contribution in [3.8, 4) is 11.3 Å². The summed E-state index contributed by atoms with van der Waals surface area (Å²) in [5, 5.41) is 8.59. The van der Waals surface area contributed by atoms with Gasteiger partial charge in [-0.15, -0.1) is 0 Å². The Hall–Kier alpha value is -2.77. The van der Waals surface area contributed by atoms with Crippen molar-refractivity contribution >= 4 is 23.4 Å². The van der Waals surface area contributed by atoms with Crippen molar-refractivity contribution in [1.29, 1.82) is 0 Å². The molecule has 0 bridgehead atoms. The highest BCUT2D eigenvalue weighted by Crippen LogP contribution is 2.32. The summed E-state index contributed by atoms with van der Waals surface area (Å²) in [7, 11) is 0. The van der Waals surface area contributed by atoms with Gasteiger partial charge in [-0.3, -0.25) is 4.90 Å². The molecule has 1 aliphatic rings. The predicted octanol–water partition coefficient (Wildman–Crippen LogP) is 3.82. The number of carbonyl (C=O) groups excluding carboxylic acids is 1. The van der Waals surface area contributed by atoms with Crippen LogP contribution in [0.4, 0.5) is 5.82 Å². The molecule has 0 saturated heterocycles. The lowest BCUT2D eigenvalue weighted by Gasteiger charge is -2.28. The monoisotopic (exact) mass is 386 g/mol. The molecule has 1 aliphatic heterocycles. The Morgan fingerprint density at radius 3 is 2.85 bits per heavy atom. The average molecular weight is 387 g/mol. The largest absolute Gasteiger partial charge is 0.468 e. The fourth-order valence-corrected chi connectivity index (χ4v) is 3.23. The molecule has 0 saturated carbocycles. The Kier molecular flexibility index (Phi) is 4.87. The van der Waals surface area contributed by atoms with Gasteiger partial charge in [-0.25, -0.2) is 9.48 Å². The van der Waals surface area contributed by atoms with Crippen LogP contribution in [0.2, 0.25) is 5.02 Å². The number of carbonyl (C=O) groups is 1. The first-order valence-corrected chi connectivity index (χ1v) is 9.06. The third-order valence-electron chi connectivity index (χ3n) is 4.31. The van der Waals surface area contributed by atoms with Crippen LogP contribution in [-0.2, 0) is 18.0 Å². The van der Waals surface area contributed by atoms with Crippen LogP contribution in [0.5, 0.6) is 0 Å². The van der Waals surface area contributed by atoms with Gasteiger partial charge in [0.15, 0.2) is 0 Å². The summed E-state index contributed by atoms with van der Waals surface area (Å²) in [6, 6.07) is 11.0. The summed E-state index contributed by atoms with van der Waals surface area (Å²) in [5.74, 6) is 1.14. The summed E-state index contributed by atoms with van der Waals surface area (Å²) < 4.78 is 12.5. The van der Waals surface area contributed by atoms with Crippen molar-refractivity contribution in [3.05, 3.63) is 59.0 Å². The fraction of sp³-hybridized carbons (Fsp3) is 0.263. The maximum Gasteiger partial charge on any atom is 0.344 e. The molecular weight excluding hydrogens is 368 g/mol. The van der Waals surface area contributed by atoms with Gasteiger partial charge in [0, 0.05) is 10.6 Å². The molecule has 2 aromatic heterocycles. The highest BCUT2D eigenvalue weighted by Gasteiger charge is 2.29. The standard InChI is InChI=1S/C19H19ClN4O3/c1-2-26-19(25)16-17(13-5-7-14(20)8-6-13)22-24-12-23(11-21-18(16)24)10-15-4-3-9-27-15/h3-9,21H,2,10-12H2,1H3. The molecule has 0 radical (unpaired) electrons. The molecule has 8 heteroatoms. The average Bonchev–Trinajstić information content (AvgIpc) is 3.29. The first kappa shape index (κ1) is 17.6. The van der Waals surface area contributed by atoms with Crippen LogP contribution < -0.4 is 5.32 Å². The molecule has 0 atom stereocenters. The summed E-state index contributed by atoms with van der Waals surface area (Å²) in [6.07, 6.45) is 1.66. The number of halogens is 1. The van der Waals surface area contributed by atoms with Crippen molar-refractivity contribution in [1.82, 2.24) is 14.7 Å². The van der Waals surface area contributed by atoms with Crippen molar-refractivity contribution in [2.45, 2.75) is 20.1 Å². The molecule has 3 aromatic rings. The van der Waals surface area contributed by atoms with Crippen LogP contribution in [-0.4, -0.2) is 33.9 Å². The maximum atomic E-state index is 12.6. The normalized spacial score (nSPS) is 13.9. The number of furan rings is 1. The van der Waals surface area contributed by atoms with E-state index in [1.165, 1.54) is 0 Å². The Morgan fingerprint density at radius 1 is 1.33 bits per heavy atom. The number of nitrogens with zero attached hydrogens (tertiary/aromatic N) is 3. The molecule has 3 heterocycles. The van der Waals surface area contributed by atoms with E-state index in [0.29, 0.717) is 48.6 Å². The van der Waals surface area contributed by atoms with Gasteiger partial charge in [0.05, 0.1) is 32.8 Å². The summed E-state index contributed by atoms with van der Waals surface area (Å²) in [5.41, 5.74) is 1.83. The van der Waals surface area contributed by atoms with Gasteiger partial charge >= 0.3 is 5.97 Å². The van der Waals surface area contributed by atoms with Gasteiger partial charge in [-0.05, 0) is 31.2 Å². The van der Waals surface area contributed by atoms with E-state index in [4.69, 9.17) is 20.8 Å². The molecule has 0 fully saturated rings. The van der Waals surface area contributed by atoms with Gasteiger partial charge in [0.2, 0.25) is 0 Å². The van der Waals surface area contributed by atoms with Gasteiger partial charge in [-0.2, -0.15) is 5.10 Å². The van der Waals surface area contributed by atoms with E-state index in [-0.39, 0.29) is 0 Å². The van der Waals surface area contributed by atoms with Crippen LogP contribution in [0.15, 0.2) is 47.1 Å². The van der Waals surface area contributed by atoms with Crippen LogP contribution in [0, 0.1) is 0 Å². The number of hydrogen-bond acceptors (Lipinski definition) is 6. The second-order valence-corrected chi connectivity index (χ2v) is 6.62. The van der Waals surface area contributed by atoms with Crippen LogP contribution in [0.3, 0.4) is 0 Å². The summed E-state index contributed by atoms with van der Waals surface area (Å²) in [6.45, 7) is 3.83. The van der Waals surface area contributed by atoms with Crippen molar-refractivity contribution in [2.24, 2.45) is 0 Å². The van der Waals surface area contributed by atoms with Crippen LogP contribution in [0.1, 0.15) is 23.0 Å². The van der Waals surface area contributed by atoms with E-state index in [2.05, 4.69) is 15.3 Å². The second kappa shape index (κ2) is 7.46. The number of nitrogens with one attached hydrogen (secondary N) is 1. The lowest BCUT2D eigenvalue weighted by molar-refractivity contribution is 0.0527. The zero-order valence-electron chi connectivity index (χ0n) is 14.8. The van der Waals surface area contributed by atoms with Crippen LogP contribution >= 0.6 is 11.6 Å². The molecule has 0 amide bonds. The van der Waals surface area contributed by atoms with E-state index in [1.54, 1.807) is 30.0 Å². The molecule has 4 rings (SSSR count). The number of hydrogen-bond donors (Lipinski definition) is 1. The number of aromatic nitrogens is 2. The molecule has 1 N–H and O–H groups in total. The highest BCUT2D eigenvalue weighted by atomic mass is 35.5. The minimum Gasteiger partial charge on any atom is -0.468 e. The number of fused-ring (bicyclic) bond motifs is 1. The maximum absolute atomic E-state index is 12.6. The fourth-order valence-electron chi connectivity index (χ4n) is 3.11. The number of anilines is 1. The van der Waals surface area contributed by atoms with E-state index < -0.39 is 5.97 Å². The molecule has 0 unspecified atom stereocenters. The zero-order valence-corrected chi connectivity index (χ0v) is 15.6. The molecule has 140 valence electrons. The predicted molar refractivity (Wildman–Crippen MR) is 101 cm³/mol. The smallest absolute Gasteiger partial charge is 0.344 e. The Morgan fingerprint density at radius 2 is 2.15 bits per heavy atom. The molecule has 27 heavy (non-hydrogen) atoms. The third kappa shape index (κ3) is 3.56. The molecule has 0 spiro atoms. The quantitative estimate of drug-likeness (QED) is 0.672. The zero-order chi connectivity index (χ0) is 18.8. The lowest BCUT2D eigenvalue weighted by atomic mass is 10.1. The molecule has 7 nitrogen and oxygen atoms in total. The molecule has 0 aliphatic carbocycles. The van der Waals surface area contributed by atoms with Crippen molar-refractivity contribution in [3.63, 3.8) is 0 Å². The Labute approximate surface area is 161 Å². The number of ether oxygens (including phenoxy) is 1. The topological polar surface area (TPSA) is 72.5 Å². The number of benzene rings is 1. The molecular formula is C19H19ClN4O3. The molecule has 1 aromatic carbocycles. The summed E-state index contributed by atoms with van der Waals surface area (Å²) in [4.78, 5) is 14.7. The summed E-state index contributed by atoms with van der Waals surface area (Å²) >= 11 is 5.99. The second-order valence-electron chi connectivity index (χ2n) is 6.18. The first-order chi connectivity index (χ1) is 13.2. The lowest BCUT2D eigenvalue weighted by Crippen LogP contribution is -2.37. The van der Waals surface area contributed by atoms with Crippen molar-refractivity contribution in [2.75, 3.05) is 18.6 Å². The highest BCUT2D eigenvalue weighted by molar-refractivity contribution is 6.30. The van der Waals surface area contributed by atoms with Crippen LogP contribution in [0.25, 0.3) is 11.3 Å². The van der Waals surface area contributed by atoms with E-state index in [1.807, 2.05) is 24.3 Å². The van der Waals surface area contributed by atoms with Gasteiger partial charge in [0.25, 0.3) is 0 Å². The van der Waals surface area contributed by atoms with E-state index >= 15 is 0 Å². The van der Waals surface area contributed by atoms with Gasteiger partial charge < -0.3 is 14.5 Å². The van der Waals surface area contributed by atoms with Crippen molar-refractivity contribution < 1.29 is 13.9 Å². The SMILES string of the molecule is CCOC(=O)c1c(-c2ccc(Cl)cc2)nn2c1NCN(Cc1ccco1)C2. The Balaban J connectivity index is 1.69. The van der Waals surface area contributed by atoms with Gasteiger partial charge in [0.1, 0.15) is 22.8 Å². The first-order valence-electron chi connectivity index (χ1n) is 8.68. The van der Waals surface area contributed by atoms with E-state index in [0.717, 1.165) is 11.3 Å². The number of esters is 1. The Bertz CT molecular complexity index is 935. The number of rotatable bonds is 5. The van der Waals surface area contributed by atoms with E-state index in [9.17, 15) is 4.79 Å². The van der Waals surface area contributed by atoms with Gasteiger partial charge in [-0.1, -0.05) is 23.7 Å².